The van der Waals surface area contributed by atoms with Gasteiger partial charge >= 0.3 is 0 Å². The number of aromatic nitrogens is 3. The fraction of sp³-hybridized carbons (Fsp3) is 0. The Balaban J connectivity index is 1.36. The van der Waals surface area contributed by atoms with Gasteiger partial charge in [-0.2, -0.15) is 0 Å². The van der Waals surface area contributed by atoms with E-state index in [0.717, 1.165) is 38.9 Å². The fourth-order valence-corrected chi connectivity index (χ4v) is 5.64. The van der Waals surface area contributed by atoms with Gasteiger partial charge in [0, 0.05) is 33.8 Å². The van der Waals surface area contributed by atoms with Crippen molar-refractivity contribution < 1.29 is 9.52 Å². The number of rotatable bonds is 5. The first-order valence-electron chi connectivity index (χ1n) is 14.0. The van der Waals surface area contributed by atoms with Crippen LogP contribution in [0.2, 0.25) is 0 Å². The van der Waals surface area contributed by atoms with Crippen molar-refractivity contribution >= 4 is 50.0 Å². The van der Waals surface area contributed by atoms with Crippen molar-refractivity contribution in [1.82, 2.24) is 15.0 Å². The summed E-state index contributed by atoms with van der Waals surface area (Å²) in [5.41, 5.74) is 5.81. The van der Waals surface area contributed by atoms with E-state index in [4.69, 9.17) is 19.4 Å². The molecule has 0 saturated carbocycles. The van der Waals surface area contributed by atoms with Crippen LogP contribution in [0.1, 0.15) is 0 Å². The predicted octanol–water partition coefficient (Wildman–Crippen LogP) is 9.43. The Morgan fingerprint density at radius 2 is 1.42 bits per heavy atom. The molecule has 1 N–H and O–H groups in total. The number of nitrogens with zero attached hydrogens (tertiary/aromatic N) is 4. The van der Waals surface area contributed by atoms with Gasteiger partial charge in [-0.25, -0.2) is 15.0 Å². The molecule has 6 nitrogen and oxygen atoms in total. The van der Waals surface area contributed by atoms with Gasteiger partial charge in [0.05, 0.1) is 5.69 Å². The molecule has 0 saturated heterocycles. The van der Waals surface area contributed by atoms with Gasteiger partial charge in [0.2, 0.25) is 0 Å². The van der Waals surface area contributed by atoms with Crippen LogP contribution in [0.15, 0.2) is 144 Å². The molecule has 204 valence electrons. The molecular weight excluding hydrogens is 532 g/mol. The second kappa shape index (κ2) is 10.1. The van der Waals surface area contributed by atoms with Crippen LogP contribution in [-0.4, -0.2) is 20.1 Å². The van der Waals surface area contributed by atoms with Crippen LogP contribution in [0, 0.1) is 0 Å². The minimum Gasteiger partial charge on any atom is -0.507 e. The molecule has 3 aromatic heterocycles. The molecule has 0 radical (unpaired) electrons. The van der Waals surface area contributed by atoms with Crippen LogP contribution in [0.3, 0.4) is 0 Å². The molecule has 5 aromatic carbocycles. The third-order valence-electron chi connectivity index (χ3n) is 7.63. The van der Waals surface area contributed by atoms with E-state index < -0.39 is 0 Å². The third kappa shape index (κ3) is 4.24. The van der Waals surface area contributed by atoms with Gasteiger partial charge in [-0.15, -0.1) is 0 Å². The zero-order valence-corrected chi connectivity index (χ0v) is 22.9. The molecule has 0 atom stereocenters. The molecule has 3 heterocycles. The molecule has 43 heavy (non-hydrogen) atoms. The number of fused-ring (bicyclic) bond motifs is 4. The molecule has 0 aliphatic heterocycles. The Labute approximate surface area is 247 Å². The van der Waals surface area contributed by atoms with Gasteiger partial charge in [-0.05, 0) is 60.0 Å². The van der Waals surface area contributed by atoms with E-state index in [9.17, 15) is 5.11 Å². The highest BCUT2D eigenvalue weighted by Gasteiger charge is 2.21. The normalized spacial score (nSPS) is 11.3. The van der Waals surface area contributed by atoms with E-state index in [1.165, 1.54) is 0 Å². The number of hydrogen-bond acceptors (Lipinski definition) is 6. The lowest BCUT2D eigenvalue weighted by molar-refractivity contribution is 0.477. The Kier molecular flexibility index (Phi) is 5.83. The standard InChI is InChI=1S/C37H24N4O2/c42-31-19-5-3-16-28(31)34-36-35(29-17-4-6-20-32(29)43-36)40-37(39-34)25-13-9-14-26(23-25)41(33-21-7-8-22-38-33)30-18-10-12-24-11-1-2-15-27(24)30/h1-23,42H. The molecule has 0 aliphatic carbocycles. The van der Waals surface area contributed by atoms with Crippen molar-refractivity contribution in [1.29, 1.82) is 0 Å². The summed E-state index contributed by atoms with van der Waals surface area (Å²) in [6.45, 7) is 0. The first-order chi connectivity index (χ1) is 21.2. The lowest BCUT2D eigenvalue weighted by Crippen LogP contribution is -2.12. The molecule has 0 spiro atoms. The maximum absolute atomic E-state index is 10.8. The minimum absolute atomic E-state index is 0.125. The van der Waals surface area contributed by atoms with E-state index in [0.29, 0.717) is 33.8 Å². The summed E-state index contributed by atoms with van der Waals surface area (Å²) in [4.78, 5) is 16.9. The average Bonchev–Trinajstić information content (AvgIpc) is 3.44. The third-order valence-corrected chi connectivity index (χ3v) is 7.63. The second-order valence-electron chi connectivity index (χ2n) is 10.3. The lowest BCUT2D eigenvalue weighted by Gasteiger charge is -2.26. The quantitative estimate of drug-likeness (QED) is 0.228. The molecule has 8 rings (SSSR count). The molecule has 0 aliphatic rings. The molecule has 6 heteroatoms. The van der Waals surface area contributed by atoms with Gasteiger partial charge in [0.15, 0.2) is 11.4 Å². The first-order valence-corrected chi connectivity index (χ1v) is 14.0. The highest BCUT2D eigenvalue weighted by atomic mass is 16.3. The minimum atomic E-state index is 0.125. The fourth-order valence-electron chi connectivity index (χ4n) is 5.64. The summed E-state index contributed by atoms with van der Waals surface area (Å²) < 4.78 is 6.25. The summed E-state index contributed by atoms with van der Waals surface area (Å²) in [7, 11) is 0. The Hall–Kier alpha value is -6.01. The second-order valence-corrected chi connectivity index (χ2v) is 10.3. The number of pyridine rings is 1. The topological polar surface area (TPSA) is 75.3 Å². The Morgan fingerprint density at radius 3 is 2.30 bits per heavy atom. The SMILES string of the molecule is Oc1ccccc1-c1nc(-c2cccc(N(c3ccccn3)c3cccc4ccccc34)c2)nc2c1oc1ccccc12. The van der Waals surface area contributed by atoms with E-state index in [2.05, 4.69) is 53.4 Å². The van der Waals surface area contributed by atoms with Crippen LogP contribution in [-0.2, 0) is 0 Å². The maximum atomic E-state index is 10.8. The number of anilines is 3. The summed E-state index contributed by atoms with van der Waals surface area (Å²) in [6, 6.07) is 43.7. The molecule has 0 fully saturated rings. The Morgan fingerprint density at radius 1 is 0.651 bits per heavy atom. The maximum Gasteiger partial charge on any atom is 0.180 e. The number of hydrogen-bond donors (Lipinski definition) is 1. The van der Waals surface area contributed by atoms with Gasteiger partial charge in [0.25, 0.3) is 0 Å². The van der Waals surface area contributed by atoms with Crippen LogP contribution in [0.5, 0.6) is 5.75 Å². The molecule has 0 amide bonds. The summed E-state index contributed by atoms with van der Waals surface area (Å²) in [5, 5.41) is 13.9. The van der Waals surface area contributed by atoms with E-state index in [-0.39, 0.29) is 5.75 Å². The van der Waals surface area contributed by atoms with Crippen LogP contribution in [0.4, 0.5) is 17.2 Å². The average molecular weight is 557 g/mol. The monoisotopic (exact) mass is 556 g/mol. The molecule has 0 unspecified atom stereocenters. The predicted molar refractivity (Wildman–Crippen MR) is 172 cm³/mol. The number of aromatic hydroxyl groups is 1. The van der Waals surface area contributed by atoms with Crippen LogP contribution >= 0.6 is 0 Å². The van der Waals surface area contributed by atoms with Crippen molar-refractivity contribution in [2.24, 2.45) is 0 Å². The molecule has 8 aromatic rings. The lowest BCUT2D eigenvalue weighted by atomic mass is 10.1. The number of benzene rings is 5. The van der Waals surface area contributed by atoms with Crippen molar-refractivity contribution in [2.45, 2.75) is 0 Å². The highest BCUT2D eigenvalue weighted by molar-refractivity contribution is 6.07. The van der Waals surface area contributed by atoms with Gasteiger partial charge in [-0.1, -0.05) is 78.9 Å². The smallest absolute Gasteiger partial charge is 0.180 e. The summed E-state index contributed by atoms with van der Waals surface area (Å²) in [5.74, 6) is 1.45. The van der Waals surface area contributed by atoms with E-state index >= 15 is 0 Å². The van der Waals surface area contributed by atoms with E-state index in [1.807, 2.05) is 72.8 Å². The number of para-hydroxylation sites is 2. The molecular formula is C37H24N4O2. The molecule has 0 bridgehead atoms. The number of phenolic OH excluding ortho intramolecular Hbond substituents is 1. The van der Waals surface area contributed by atoms with Gasteiger partial charge in [-0.3, -0.25) is 4.90 Å². The summed E-state index contributed by atoms with van der Waals surface area (Å²) in [6.07, 6.45) is 1.80. The van der Waals surface area contributed by atoms with Gasteiger partial charge in [0.1, 0.15) is 28.4 Å². The van der Waals surface area contributed by atoms with E-state index in [1.54, 1.807) is 18.3 Å². The number of furan rings is 1. The van der Waals surface area contributed by atoms with Crippen LogP contribution < -0.4 is 4.90 Å². The Bertz CT molecular complexity index is 2270. The largest absolute Gasteiger partial charge is 0.507 e. The first kappa shape index (κ1) is 24.8. The zero-order valence-electron chi connectivity index (χ0n) is 22.9. The summed E-state index contributed by atoms with van der Waals surface area (Å²) >= 11 is 0. The van der Waals surface area contributed by atoms with Crippen molar-refractivity contribution in [3.05, 3.63) is 140 Å². The zero-order chi connectivity index (χ0) is 28.8. The van der Waals surface area contributed by atoms with Crippen molar-refractivity contribution in [2.75, 3.05) is 4.90 Å². The highest BCUT2D eigenvalue weighted by Crippen LogP contribution is 2.41. The van der Waals surface area contributed by atoms with Gasteiger partial charge < -0.3 is 9.52 Å². The number of phenols is 1. The van der Waals surface area contributed by atoms with Crippen LogP contribution in [0.25, 0.3) is 55.5 Å². The van der Waals surface area contributed by atoms with Crippen molar-refractivity contribution in [3.63, 3.8) is 0 Å². The van der Waals surface area contributed by atoms with Crippen molar-refractivity contribution in [3.8, 4) is 28.4 Å².